The first-order valence-electron chi connectivity index (χ1n) is 10.3. The minimum atomic E-state index is -0.294. The third-order valence-electron chi connectivity index (χ3n) is 5.05. The average Bonchev–Trinajstić information content (AvgIpc) is 3.02. The molecule has 1 aliphatic rings. The van der Waals surface area contributed by atoms with E-state index in [4.69, 9.17) is 4.74 Å². The zero-order valence-electron chi connectivity index (χ0n) is 18.2. The summed E-state index contributed by atoms with van der Waals surface area (Å²) in [5, 5.41) is 3.27. The predicted octanol–water partition coefficient (Wildman–Crippen LogP) is 3.41. The number of ether oxygens (including phenoxy) is 1. The quantitative estimate of drug-likeness (QED) is 0.169. The van der Waals surface area contributed by atoms with E-state index in [1.54, 1.807) is 43.4 Å². The van der Waals surface area contributed by atoms with Gasteiger partial charge in [-0.25, -0.2) is 4.39 Å². The van der Waals surface area contributed by atoms with Gasteiger partial charge in [-0.15, -0.1) is 24.0 Å². The fourth-order valence-electron chi connectivity index (χ4n) is 3.36. The Morgan fingerprint density at radius 3 is 2.28 bits per heavy atom. The number of carbonyl (C=O) groups excluding carboxylic acids is 2. The van der Waals surface area contributed by atoms with Crippen LogP contribution >= 0.6 is 24.0 Å². The molecule has 1 N–H and O–H groups in total. The number of imide groups is 1. The van der Waals surface area contributed by atoms with E-state index in [0.29, 0.717) is 49.5 Å². The molecule has 0 saturated carbocycles. The van der Waals surface area contributed by atoms with Crippen molar-refractivity contribution in [1.29, 1.82) is 0 Å². The van der Waals surface area contributed by atoms with Crippen LogP contribution in [-0.2, 0) is 0 Å². The Bertz CT molecular complexity index is 918. The molecular weight excluding hydrogens is 526 g/mol. The van der Waals surface area contributed by atoms with E-state index in [-0.39, 0.29) is 41.6 Å². The van der Waals surface area contributed by atoms with Gasteiger partial charge in [0.25, 0.3) is 11.8 Å². The standard InChI is InChI=1S/C23H27FN4O3.HI/c1-25-23(27(2)15-16-31-18-11-9-17(24)10-12-18)26-13-5-6-14-28-21(29)19-7-3-4-8-20(19)22(28)30;/h3-4,7-12H,5-6,13-16H2,1-2H3,(H,25,26);1H. The molecule has 172 valence electrons. The third-order valence-corrected chi connectivity index (χ3v) is 5.05. The summed E-state index contributed by atoms with van der Waals surface area (Å²) in [6.45, 7) is 2.10. The molecule has 0 aliphatic carbocycles. The van der Waals surface area contributed by atoms with Gasteiger partial charge in [-0.3, -0.25) is 19.5 Å². The molecule has 2 aromatic carbocycles. The molecule has 0 aromatic heterocycles. The van der Waals surface area contributed by atoms with Crippen molar-refractivity contribution >= 4 is 41.8 Å². The van der Waals surface area contributed by atoms with Crippen LogP contribution in [0.25, 0.3) is 0 Å². The molecule has 32 heavy (non-hydrogen) atoms. The summed E-state index contributed by atoms with van der Waals surface area (Å²) in [6.07, 6.45) is 1.49. The maximum Gasteiger partial charge on any atom is 0.261 e. The highest BCUT2D eigenvalue weighted by Gasteiger charge is 2.34. The van der Waals surface area contributed by atoms with Gasteiger partial charge < -0.3 is 15.0 Å². The maximum atomic E-state index is 12.9. The van der Waals surface area contributed by atoms with E-state index >= 15 is 0 Å². The lowest BCUT2D eigenvalue weighted by Crippen LogP contribution is -2.41. The van der Waals surface area contributed by atoms with Crippen molar-refractivity contribution in [2.45, 2.75) is 12.8 Å². The molecule has 0 radical (unpaired) electrons. The molecule has 0 atom stereocenters. The van der Waals surface area contributed by atoms with Crippen LogP contribution in [0.15, 0.2) is 53.5 Å². The second kappa shape index (κ2) is 12.4. The molecule has 1 aliphatic heterocycles. The molecule has 3 rings (SSSR count). The summed E-state index contributed by atoms with van der Waals surface area (Å²) in [7, 11) is 3.61. The van der Waals surface area contributed by atoms with Crippen LogP contribution in [0.5, 0.6) is 5.75 Å². The van der Waals surface area contributed by atoms with Crippen molar-refractivity contribution in [3.63, 3.8) is 0 Å². The number of nitrogens with one attached hydrogen (secondary N) is 1. The predicted molar refractivity (Wildman–Crippen MR) is 132 cm³/mol. The maximum absolute atomic E-state index is 12.9. The number of hydrogen-bond acceptors (Lipinski definition) is 4. The van der Waals surface area contributed by atoms with Crippen molar-refractivity contribution in [2.75, 3.05) is 40.3 Å². The highest BCUT2D eigenvalue weighted by atomic mass is 127. The lowest BCUT2D eigenvalue weighted by molar-refractivity contribution is 0.0652. The lowest BCUT2D eigenvalue weighted by atomic mass is 10.1. The Hall–Kier alpha value is -2.69. The van der Waals surface area contributed by atoms with E-state index in [9.17, 15) is 14.0 Å². The van der Waals surface area contributed by atoms with Crippen LogP contribution in [-0.4, -0.2) is 67.9 Å². The van der Waals surface area contributed by atoms with Crippen LogP contribution in [0.2, 0.25) is 0 Å². The van der Waals surface area contributed by atoms with E-state index in [0.717, 1.165) is 12.4 Å². The number of aliphatic imine (C=N–C) groups is 1. The summed E-state index contributed by atoms with van der Waals surface area (Å²) in [6, 6.07) is 12.8. The monoisotopic (exact) mass is 554 g/mol. The number of halogens is 2. The number of carbonyl (C=O) groups is 2. The molecule has 0 spiro atoms. The Morgan fingerprint density at radius 1 is 1.06 bits per heavy atom. The molecule has 2 aromatic rings. The zero-order valence-corrected chi connectivity index (χ0v) is 20.5. The van der Waals surface area contributed by atoms with Gasteiger partial charge in [0.15, 0.2) is 5.96 Å². The number of fused-ring (bicyclic) bond motifs is 1. The van der Waals surface area contributed by atoms with Gasteiger partial charge in [0, 0.05) is 27.2 Å². The summed E-state index contributed by atoms with van der Waals surface area (Å²) >= 11 is 0. The van der Waals surface area contributed by atoms with Crippen LogP contribution in [0.4, 0.5) is 4.39 Å². The summed E-state index contributed by atoms with van der Waals surface area (Å²) in [4.78, 5) is 32.3. The number of rotatable bonds is 9. The Morgan fingerprint density at radius 2 is 1.69 bits per heavy atom. The smallest absolute Gasteiger partial charge is 0.261 e. The first-order chi connectivity index (χ1) is 15.0. The minimum Gasteiger partial charge on any atom is -0.492 e. The Labute approximate surface area is 204 Å². The zero-order chi connectivity index (χ0) is 22.2. The summed E-state index contributed by atoms with van der Waals surface area (Å²) in [5.41, 5.74) is 0.964. The number of unbranched alkanes of at least 4 members (excludes halogenated alkanes) is 1. The molecule has 7 nitrogen and oxygen atoms in total. The van der Waals surface area contributed by atoms with Gasteiger partial charge in [0.1, 0.15) is 18.2 Å². The minimum absolute atomic E-state index is 0. The summed E-state index contributed by atoms with van der Waals surface area (Å²) < 4.78 is 18.5. The molecule has 0 unspecified atom stereocenters. The van der Waals surface area contributed by atoms with Crippen molar-refractivity contribution in [2.24, 2.45) is 4.99 Å². The topological polar surface area (TPSA) is 74.2 Å². The van der Waals surface area contributed by atoms with Gasteiger partial charge in [0.05, 0.1) is 17.7 Å². The van der Waals surface area contributed by atoms with Gasteiger partial charge in [-0.1, -0.05) is 12.1 Å². The van der Waals surface area contributed by atoms with Gasteiger partial charge in [0.2, 0.25) is 0 Å². The first-order valence-corrected chi connectivity index (χ1v) is 10.3. The molecular formula is C23H28FIN4O3. The number of nitrogens with zero attached hydrogens (tertiary/aromatic N) is 3. The van der Waals surface area contributed by atoms with Crippen LogP contribution in [0, 0.1) is 5.82 Å². The molecule has 1 heterocycles. The Kier molecular flexibility index (Phi) is 9.89. The largest absolute Gasteiger partial charge is 0.492 e. The molecule has 0 bridgehead atoms. The van der Waals surface area contributed by atoms with E-state index in [2.05, 4.69) is 10.3 Å². The molecule has 0 saturated heterocycles. The lowest BCUT2D eigenvalue weighted by Gasteiger charge is -2.22. The fourth-order valence-corrected chi connectivity index (χ4v) is 3.36. The number of likely N-dealkylation sites (N-methyl/N-ethyl adjacent to an activating group) is 1. The third kappa shape index (κ3) is 6.41. The second-order valence-corrected chi connectivity index (χ2v) is 7.21. The van der Waals surface area contributed by atoms with Crippen molar-refractivity contribution in [1.82, 2.24) is 15.1 Å². The van der Waals surface area contributed by atoms with Crippen LogP contribution in [0.1, 0.15) is 33.6 Å². The normalized spacial score (nSPS) is 13.0. The SMILES string of the molecule is CN=C(NCCCCN1C(=O)c2ccccc2C1=O)N(C)CCOc1ccc(F)cc1.I. The average molecular weight is 554 g/mol. The van der Waals surface area contributed by atoms with E-state index < -0.39 is 0 Å². The van der Waals surface area contributed by atoms with Crippen molar-refractivity contribution in [3.8, 4) is 5.75 Å². The summed E-state index contributed by atoms with van der Waals surface area (Å²) in [5.74, 6) is 0.613. The van der Waals surface area contributed by atoms with E-state index in [1.165, 1.54) is 17.0 Å². The van der Waals surface area contributed by atoms with Crippen molar-refractivity contribution in [3.05, 3.63) is 65.5 Å². The number of guanidine groups is 1. The fraction of sp³-hybridized carbons (Fsp3) is 0.348. The van der Waals surface area contributed by atoms with Crippen LogP contribution in [0.3, 0.4) is 0 Å². The van der Waals surface area contributed by atoms with Crippen LogP contribution < -0.4 is 10.1 Å². The van der Waals surface area contributed by atoms with E-state index in [1.807, 2.05) is 11.9 Å². The van der Waals surface area contributed by atoms with Crippen molar-refractivity contribution < 1.29 is 18.7 Å². The number of amides is 2. The molecule has 2 amide bonds. The first kappa shape index (κ1) is 25.6. The second-order valence-electron chi connectivity index (χ2n) is 7.21. The highest BCUT2D eigenvalue weighted by molar-refractivity contribution is 14.0. The Balaban J connectivity index is 0.00000363. The highest BCUT2D eigenvalue weighted by Crippen LogP contribution is 2.22. The van der Waals surface area contributed by atoms with Gasteiger partial charge in [-0.05, 0) is 49.2 Å². The number of benzene rings is 2. The van der Waals surface area contributed by atoms with Gasteiger partial charge in [-0.2, -0.15) is 0 Å². The number of hydrogen-bond donors (Lipinski definition) is 1. The molecule has 0 fully saturated rings. The molecule has 9 heteroatoms. The van der Waals surface area contributed by atoms with Gasteiger partial charge >= 0.3 is 0 Å².